The third-order valence-electron chi connectivity index (χ3n) is 2.85. The molecular formula is C11H21N3O3. The molecule has 1 aliphatic heterocycles. The van der Waals surface area contributed by atoms with Gasteiger partial charge in [-0.1, -0.05) is 0 Å². The van der Waals surface area contributed by atoms with E-state index in [0.29, 0.717) is 13.2 Å². The molecule has 0 aromatic carbocycles. The van der Waals surface area contributed by atoms with Gasteiger partial charge in [0, 0.05) is 20.7 Å². The number of ether oxygens (including phenoxy) is 1. The van der Waals surface area contributed by atoms with Gasteiger partial charge in [-0.3, -0.25) is 9.59 Å². The summed E-state index contributed by atoms with van der Waals surface area (Å²) in [5.74, 6) is -0.190. The van der Waals surface area contributed by atoms with Gasteiger partial charge in [0.1, 0.15) is 0 Å². The lowest BCUT2D eigenvalue weighted by atomic mass is 10.2. The van der Waals surface area contributed by atoms with Crippen molar-refractivity contribution in [1.29, 1.82) is 0 Å². The van der Waals surface area contributed by atoms with E-state index in [4.69, 9.17) is 4.74 Å². The van der Waals surface area contributed by atoms with Gasteiger partial charge in [-0.2, -0.15) is 0 Å². The SMILES string of the molecule is COCCN(C)C(=O)CNC(=O)C1CCCN1. The lowest BCUT2D eigenvalue weighted by molar-refractivity contribution is -0.132. The van der Waals surface area contributed by atoms with Gasteiger partial charge in [0.15, 0.2) is 0 Å². The number of carbonyl (C=O) groups excluding carboxylic acids is 2. The monoisotopic (exact) mass is 243 g/mol. The van der Waals surface area contributed by atoms with Gasteiger partial charge in [-0.25, -0.2) is 0 Å². The average Bonchev–Trinajstić information content (AvgIpc) is 2.86. The summed E-state index contributed by atoms with van der Waals surface area (Å²) in [5, 5.41) is 5.73. The number of carbonyl (C=O) groups is 2. The second-order valence-corrected chi connectivity index (χ2v) is 4.17. The summed E-state index contributed by atoms with van der Waals surface area (Å²) in [5.41, 5.74) is 0. The molecule has 98 valence electrons. The molecule has 0 radical (unpaired) electrons. The van der Waals surface area contributed by atoms with Gasteiger partial charge in [0.05, 0.1) is 19.2 Å². The van der Waals surface area contributed by atoms with Crippen molar-refractivity contribution < 1.29 is 14.3 Å². The van der Waals surface area contributed by atoms with Gasteiger partial charge in [-0.05, 0) is 19.4 Å². The van der Waals surface area contributed by atoms with Crippen molar-refractivity contribution in [3.63, 3.8) is 0 Å². The van der Waals surface area contributed by atoms with Crippen molar-refractivity contribution in [3.8, 4) is 0 Å². The van der Waals surface area contributed by atoms with Crippen LogP contribution in [0.4, 0.5) is 0 Å². The van der Waals surface area contributed by atoms with E-state index in [9.17, 15) is 9.59 Å². The number of rotatable bonds is 6. The molecule has 1 atom stereocenters. The summed E-state index contributed by atoms with van der Waals surface area (Å²) in [6, 6.07) is -0.132. The maximum Gasteiger partial charge on any atom is 0.241 e. The van der Waals surface area contributed by atoms with Crippen LogP contribution in [0, 0.1) is 0 Å². The maximum atomic E-state index is 11.6. The molecule has 1 unspecified atom stereocenters. The molecule has 1 saturated heterocycles. The van der Waals surface area contributed by atoms with E-state index < -0.39 is 0 Å². The Balaban J connectivity index is 2.20. The number of likely N-dealkylation sites (N-methyl/N-ethyl adjacent to an activating group) is 1. The zero-order valence-corrected chi connectivity index (χ0v) is 10.5. The van der Waals surface area contributed by atoms with Crippen LogP contribution in [0.15, 0.2) is 0 Å². The summed E-state index contributed by atoms with van der Waals surface area (Å²) in [4.78, 5) is 24.8. The predicted molar refractivity (Wildman–Crippen MR) is 63.5 cm³/mol. The summed E-state index contributed by atoms with van der Waals surface area (Å²) < 4.78 is 4.88. The fraction of sp³-hybridized carbons (Fsp3) is 0.818. The molecule has 2 amide bonds. The van der Waals surface area contributed by atoms with Crippen molar-refractivity contribution in [3.05, 3.63) is 0 Å². The van der Waals surface area contributed by atoms with E-state index >= 15 is 0 Å². The second-order valence-electron chi connectivity index (χ2n) is 4.17. The highest BCUT2D eigenvalue weighted by atomic mass is 16.5. The van der Waals surface area contributed by atoms with E-state index in [1.807, 2.05) is 0 Å². The highest BCUT2D eigenvalue weighted by Crippen LogP contribution is 2.04. The Morgan fingerprint density at radius 1 is 1.53 bits per heavy atom. The molecule has 6 nitrogen and oxygen atoms in total. The van der Waals surface area contributed by atoms with Crippen LogP contribution in [-0.2, 0) is 14.3 Å². The minimum Gasteiger partial charge on any atom is -0.383 e. The van der Waals surface area contributed by atoms with Gasteiger partial charge in [0.25, 0.3) is 0 Å². The number of hydrogen-bond acceptors (Lipinski definition) is 4. The Bertz CT molecular complexity index is 265. The summed E-state index contributed by atoms with van der Waals surface area (Å²) in [6.45, 7) is 1.96. The fourth-order valence-corrected chi connectivity index (χ4v) is 1.68. The molecule has 1 rings (SSSR count). The molecule has 0 spiro atoms. The summed E-state index contributed by atoms with van der Waals surface area (Å²) >= 11 is 0. The van der Waals surface area contributed by atoms with Gasteiger partial charge in [-0.15, -0.1) is 0 Å². The Labute approximate surface area is 102 Å². The van der Waals surface area contributed by atoms with Crippen LogP contribution >= 0.6 is 0 Å². The van der Waals surface area contributed by atoms with Crippen LogP contribution in [0.3, 0.4) is 0 Å². The minimum atomic E-state index is -0.132. The topological polar surface area (TPSA) is 70.7 Å². The van der Waals surface area contributed by atoms with Gasteiger partial charge in [0.2, 0.25) is 11.8 Å². The highest BCUT2D eigenvalue weighted by Gasteiger charge is 2.22. The summed E-state index contributed by atoms with van der Waals surface area (Å²) in [6.07, 6.45) is 1.86. The number of hydrogen-bond donors (Lipinski definition) is 2. The number of nitrogens with one attached hydrogen (secondary N) is 2. The van der Waals surface area contributed by atoms with Crippen molar-refractivity contribution in [1.82, 2.24) is 15.5 Å². The van der Waals surface area contributed by atoms with Crippen molar-refractivity contribution in [2.24, 2.45) is 0 Å². The fourth-order valence-electron chi connectivity index (χ4n) is 1.68. The van der Waals surface area contributed by atoms with E-state index in [1.165, 1.54) is 0 Å². The third-order valence-corrected chi connectivity index (χ3v) is 2.85. The average molecular weight is 243 g/mol. The van der Waals surface area contributed by atoms with Crippen molar-refractivity contribution >= 4 is 11.8 Å². The zero-order chi connectivity index (χ0) is 12.7. The lowest BCUT2D eigenvalue weighted by Gasteiger charge is -2.17. The molecule has 0 bridgehead atoms. The Morgan fingerprint density at radius 2 is 2.29 bits per heavy atom. The van der Waals surface area contributed by atoms with Crippen LogP contribution in [0.5, 0.6) is 0 Å². The van der Waals surface area contributed by atoms with E-state index in [0.717, 1.165) is 19.4 Å². The highest BCUT2D eigenvalue weighted by molar-refractivity contribution is 5.87. The van der Waals surface area contributed by atoms with E-state index in [-0.39, 0.29) is 24.4 Å². The summed E-state index contributed by atoms with van der Waals surface area (Å²) in [7, 11) is 3.28. The molecule has 17 heavy (non-hydrogen) atoms. The zero-order valence-electron chi connectivity index (χ0n) is 10.5. The first kappa shape index (κ1) is 13.9. The van der Waals surface area contributed by atoms with Crippen LogP contribution in [0.2, 0.25) is 0 Å². The molecule has 2 N–H and O–H groups in total. The van der Waals surface area contributed by atoms with Crippen LogP contribution in [0.1, 0.15) is 12.8 Å². The maximum absolute atomic E-state index is 11.6. The lowest BCUT2D eigenvalue weighted by Crippen LogP contribution is -2.45. The molecule has 1 aliphatic rings. The largest absolute Gasteiger partial charge is 0.383 e. The first-order valence-electron chi connectivity index (χ1n) is 5.89. The first-order valence-corrected chi connectivity index (χ1v) is 5.89. The Morgan fingerprint density at radius 3 is 2.88 bits per heavy atom. The van der Waals surface area contributed by atoms with E-state index in [2.05, 4.69) is 10.6 Å². The van der Waals surface area contributed by atoms with Crippen LogP contribution in [-0.4, -0.2) is 63.2 Å². The van der Waals surface area contributed by atoms with Crippen molar-refractivity contribution in [2.45, 2.75) is 18.9 Å². The quantitative estimate of drug-likeness (QED) is 0.625. The first-order chi connectivity index (χ1) is 8.15. The second kappa shape index (κ2) is 7.24. The molecule has 0 aliphatic carbocycles. The number of nitrogens with zero attached hydrogens (tertiary/aromatic N) is 1. The van der Waals surface area contributed by atoms with Crippen LogP contribution in [0.25, 0.3) is 0 Å². The number of methoxy groups -OCH3 is 1. The Hall–Kier alpha value is -1.14. The third kappa shape index (κ3) is 4.70. The molecular weight excluding hydrogens is 222 g/mol. The minimum absolute atomic E-state index is 0.0528. The van der Waals surface area contributed by atoms with Crippen molar-refractivity contribution in [2.75, 3.05) is 40.4 Å². The standard InChI is InChI=1S/C11H21N3O3/c1-14(6-7-17-2)10(15)8-13-11(16)9-4-3-5-12-9/h9,12H,3-8H2,1-2H3,(H,13,16). The molecule has 1 heterocycles. The van der Waals surface area contributed by atoms with Gasteiger partial charge < -0.3 is 20.3 Å². The number of amides is 2. The van der Waals surface area contributed by atoms with Crippen LogP contribution < -0.4 is 10.6 Å². The smallest absolute Gasteiger partial charge is 0.241 e. The molecule has 0 aromatic rings. The predicted octanol–water partition coefficient (Wildman–Crippen LogP) is -1.04. The molecule has 0 saturated carbocycles. The van der Waals surface area contributed by atoms with E-state index in [1.54, 1.807) is 19.1 Å². The van der Waals surface area contributed by atoms with Gasteiger partial charge >= 0.3 is 0 Å². The molecule has 6 heteroatoms. The normalized spacial score (nSPS) is 19.1. The Kier molecular flexibility index (Phi) is 5.93. The molecule has 1 fully saturated rings. The molecule has 0 aromatic heterocycles.